The van der Waals surface area contributed by atoms with E-state index in [4.69, 9.17) is 14.2 Å². The predicted octanol–water partition coefficient (Wildman–Crippen LogP) is 4.89. The minimum absolute atomic E-state index is 0.0246. The summed E-state index contributed by atoms with van der Waals surface area (Å²) in [4.78, 5) is 47.8. The molecule has 8 nitrogen and oxygen atoms in total. The van der Waals surface area contributed by atoms with E-state index in [0.29, 0.717) is 30.8 Å². The van der Waals surface area contributed by atoms with E-state index in [-0.39, 0.29) is 65.2 Å². The monoisotopic (exact) mass is 545 g/mol. The Bertz CT molecular complexity index is 1010. The summed E-state index contributed by atoms with van der Waals surface area (Å²) >= 11 is 0. The normalized spacial score (nSPS) is 37.7. The summed E-state index contributed by atoms with van der Waals surface area (Å²) in [5.74, 6) is 0.521. The number of rotatable bonds is 8. The van der Waals surface area contributed by atoms with Crippen molar-refractivity contribution in [3.05, 3.63) is 11.6 Å². The van der Waals surface area contributed by atoms with Crippen molar-refractivity contribution in [3.8, 4) is 0 Å². The lowest BCUT2D eigenvalue weighted by atomic mass is 9.48. The SMILES string of the molecule is CC(=O)N[C@H]1[C@H](OC(=O)CC[C@@H](C)COC(C)=O)C[C@@H]2[C@H]3CC=C4C[C@@H](OC(C)=O)CC[C@]4(C)[C@@H]3CC[C@@]21C. The molecule has 4 aliphatic rings. The Hall–Kier alpha value is -2.38. The van der Waals surface area contributed by atoms with Crippen LogP contribution in [0.3, 0.4) is 0 Å². The molecule has 3 saturated carbocycles. The fourth-order valence-electron chi connectivity index (χ4n) is 8.48. The molecule has 3 fully saturated rings. The number of esters is 3. The Labute approximate surface area is 233 Å². The van der Waals surface area contributed by atoms with Gasteiger partial charge in [-0.2, -0.15) is 0 Å². The van der Waals surface area contributed by atoms with E-state index in [0.717, 1.165) is 44.9 Å². The molecule has 0 saturated heterocycles. The number of hydrogen-bond donors (Lipinski definition) is 1. The number of fused-ring (bicyclic) bond motifs is 5. The lowest BCUT2D eigenvalue weighted by molar-refractivity contribution is -0.152. The summed E-state index contributed by atoms with van der Waals surface area (Å²) in [5.41, 5.74) is 1.39. The zero-order chi connectivity index (χ0) is 28.5. The van der Waals surface area contributed by atoms with E-state index in [1.54, 1.807) is 0 Å². The quantitative estimate of drug-likeness (QED) is 0.263. The molecular weight excluding hydrogens is 498 g/mol. The maximum Gasteiger partial charge on any atom is 0.306 e. The summed E-state index contributed by atoms with van der Waals surface area (Å²) < 4.78 is 16.7. The second-order valence-electron chi connectivity index (χ2n) is 13.2. The molecule has 0 spiro atoms. The highest BCUT2D eigenvalue weighted by Crippen LogP contribution is 2.65. The number of carbonyl (C=O) groups is 4. The standard InChI is InChI=1S/C31H47NO7/c1-18(17-37-20(3)34)7-10-28(36)39-27-16-26-24-9-8-22-15-23(38-21(4)35)11-13-30(22,5)25(24)12-14-31(26,6)29(27)32-19(2)33/h8,18,23-27,29H,7,9-17H2,1-6H3,(H,32,33)/t18-,23+,24+,25-,26-,27-,29+,30+,31+/m1/s1. The Morgan fingerprint density at radius 1 is 1.03 bits per heavy atom. The summed E-state index contributed by atoms with van der Waals surface area (Å²) in [6.45, 7) is 11.3. The van der Waals surface area contributed by atoms with Gasteiger partial charge in [-0.15, -0.1) is 0 Å². The average molecular weight is 546 g/mol. The van der Waals surface area contributed by atoms with Gasteiger partial charge in [0.1, 0.15) is 12.2 Å². The van der Waals surface area contributed by atoms with Gasteiger partial charge in [0.2, 0.25) is 5.91 Å². The number of carbonyl (C=O) groups excluding carboxylic acids is 4. The topological polar surface area (TPSA) is 108 Å². The summed E-state index contributed by atoms with van der Waals surface area (Å²) in [5, 5.41) is 3.18. The molecule has 1 amide bonds. The molecule has 0 aromatic rings. The number of amides is 1. The van der Waals surface area contributed by atoms with Gasteiger partial charge in [-0.3, -0.25) is 19.2 Å². The van der Waals surface area contributed by atoms with Gasteiger partial charge in [-0.25, -0.2) is 0 Å². The van der Waals surface area contributed by atoms with Crippen LogP contribution in [0.5, 0.6) is 0 Å². The molecule has 0 unspecified atom stereocenters. The third-order valence-corrected chi connectivity index (χ3v) is 10.5. The van der Waals surface area contributed by atoms with Crippen LogP contribution in [0.2, 0.25) is 0 Å². The lowest BCUT2D eigenvalue weighted by Gasteiger charge is -2.57. The van der Waals surface area contributed by atoms with Crippen LogP contribution < -0.4 is 5.32 Å². The van der Waals surface area contributed by atoms with Crippen molar-refractivity contribution in [2.45, 2.75) is 118 Å². The van der Waals surface area contributed by atoms with Gasteiger partial charge < -0.3 is 19.5 Å². The highest BCUT2D eigenvalue weighted by atomic mass is 16.5. The third-order valence-electron chi connectivity index (χ3n) is 10.5. The molecule has 39 heavy (non-hydrogen) atoms. The van der Waals surface area contributed by atoms with Crippen molar-refractivity contribution < 1.29 is 33.4 Å². The van der Waals surface area contributed by atoms with E-state index in [1.807, 2.05) is 6.92 Å². The molecular formula is C31H47NO7. The fraction of sp³-hybridized carbons (Fsp3) is 0.806. The first kappa shape index (κ1) is 29.6. The van der Waals surface area contributed by atoms with Crippen molar-refractivity contribution in [2.24, 2.45) is 34.5 Å². The van der Waals surface area contributed by atoms with Crippen LogP contribution in [0.4, 0.5) is 0 Å². The van der Waals surface area contributed by atoms with Gasteiger partial charge in [0.25, 0.3) is 0 Å². The summed E-state index contributed by atoms with van der Waals surface area (Å²) in [6, 6.07) is -0.207. The van der Waals surface area contributed by atoms with Crippen molar-refractivity contribution in [1.29, 1.82) is 0 Å². The maximum absolute atomic E-state index is 12.9. The number of allylic oxidation sites excluding steroid dienone is 1. The smallest absolute Gasteiger partial charge is 0.306 e. The molecule has 0 heterocycles. The predicted molar refractivity (Wildman–Crippen MR) is 145 cm³/mol. The zero-order valence-corrected chi connectivity index (χ0v) is 24.5. The minimum Gasteiger partial charge on any atom is -0.466 e. The summed E-state index contributed by atoms with van der Waals surface area (Å²) in [6.07, 6.45) is 9.38. The number of nitrogens with one attached hydrogen (secondary N) is 1. The minimum atomic E-state index is -0.350. The molecule has 0 radical (unpaired) electrons. The zero-order valence-electron chi connectivity index (χ0n) is 24.5. The Morgan fingerprint density at radius 2 is 1.77 bits per heavy atom. The fourth-order valence-corrected chi connectivity index (χ4v) is 8.48. The van der Waals surface area contributed by atoms with Crippen molar-refractivity contribution in [3.63, 3.8) is 0 Å². The van der Waals surface area contributed by atoms with Crippen LogP contribution in [0, 0.1) is 34.5 Å². The number of hydrogen-bond acceptors (Lipinski definition) is 7. The van der Waals surface area contributed by atoms with Crippen LogP contribution >= 0.6 is 0 Å². The second kappa shape index (κ2) is 11.6. The van der Waals surface area contributed by atoms with Gasteiger partial charge in [-0.1, -0.05) is 32.4 Å². The maximum atomic E-state index is 12.9. The van der Waals surface area contributed by atoms with Crippen LogP contribution in [0.25, 0.3) is 0 Å². The third kappa shape index (κ3) is 6.19. The van der Waals surface area contributed by atoms with Crippen LogP contribution in [-0.2, 0) is 33.4 Å². The Morgan fingerprint density at radius 3 is 2.44 bits per heavy atom. The van der Waals surface area contributed by atoms with E-state index < -0.39 is 0 Å². The van der Waals surface area contributed by atoms with Gasteiger partial charge in [0, 0.05) is 33.6 Å². The van der Waals surface area contributed by atoms with Gasteiger partial charge in [0.05, 0.1) is 12.6 Å². The first-order valence-corrected chi connectivity index (χ1v) is 14.8. The Kier molecular flexibility index (Phi) is 8.82. The van der Waals surface area contributed by atoms with Crippen LogP contribution in [-0.4, -0.2) is 48.7 Å². The molecule has 0 aliphatic heterocycles. The molecule has 0 aromatic carbocycles. The number of ether oxygens (including phenoxy) is 3. The summed E-state index contributed by atoms with van der Waals surface area (Å²) in [7, 11) is 0. The molecule has 4 aliphatic carbocycles. The molecule has 218 valence electrons. The van der Waals surface area contributed by atoms with E-state index in [2.05, 4.69) is 25.2 Å². The van der Waals surface area contributed by atoms with E-state index >= 15 is 0 Å². The second-order valence-corrected chi connectivity index (χ2v) is 13.2. The lowest BCUT2D eigenvalue weighted by Crippen LogP contribution is -2.55. The van der Waals surface area contributed by atoms with Crippen LogP contribution in [0.1, 0.15) is 99.3 Å². The van der Waals surface area contributed by atoms with Crippen molar-refractivity contribution in [2.75, 3.05) is 6.61 Å². The molecule has 9 atom stereocenters. The highest BCUT2D eigenvalue weighted by Gasteiger charge is 2.62. The van der Waals surface area contributed by atoms with Gasteiger partial charge >= 0.3 is 17.9 Å². The molecule has 0 bridgehead atoms. The first-order chi connectivity index (χ1) is 18.3. The molecule has 8 heteroatoms. The van der Waals surface area contributed by atoms with Gasteiger partial charge in [-0.05, 0) is 79.4 Å². The van der Waals surface area contributed by atoms with Crippen molar-refractivity contribution in [1.82, 2.24) is 5.32 Å². The van der Waals surface area contributed by atoms with Crippen molar-refractivity contribution >= 4 is 23.8 Å². The Balaban J connectivity index is 1.47. The van der Waals surface area contributed by atoms with Gasteiger partial charge in [0.15, 0.2) is 0 Å². The first-order valence-electron chi connectivity index (χ1n) is 14.8. The average Bonchev–Trinajstić information content (AvgIpc) is 3.12. The molecule has 1 N–H and O–H groups in total. The van der Waals surface area contributed by atoms with E-state index in [9.17, 15) is 19.2 Å². The van der Waals surface area contributed by atoms with E-state index in [1.165, 1.54) is 26.3 Å². The largest absolute Gasteiger partial charge is 0.466 e. The molecule has 4 rings (SSSR count). The highest BCUT2D eigenvalue weighted by molar-refractivity contribution is 5.74. The molecule has 0 aromatic heterocycles. The van der Waals surface area contributed by atoms with Crippen LogP contribution in [0.15, 0.2) is 11.6 Å².